The lowest BCUT2D eigenvalue weighted by molar-refractivity contribution is 0.669. The predicted octanol–water partition coefficient (Wildman–Crippen LogP) is 12.3. The van der Waals surface area contributed by atoms with Crippen molar-refractivity contribution in [2.24, 2.45) is 0 Å². The van der Waals surface area contributed by atoms with Gasteiger partial charge in [0.25, 0.3) is 0 Å². The Labute approximate surface area is 267 Å². The average molecular weight is 595 g/mol. The minimum atomic E-state index is 0.247. The summed E-state index contributed by atoms with van der Waals surface area (Å²) in [6.07, 6.45) is 0. The van der Waals surface area contributed by atoms with E-state index in [9.17, 15) is 0 Å². The topological polar surface area (TPSA) is 31.0 Å². The molecule has 0 unspecified atom stereocenters. The second kappa shape index (κ2) is 10.1. The van der Waals surface area contributed by atoms with Crippen molar-refractivity contribution in [1.29, 1.82) is 0 Å². The summed E-state index contributed by atoms with van der Waals surface area (Å²) in [7, 11) is 0. The Balaban J connectivity index is 1.51. The lowest BCUT2D eigenvalue weighted by Gasteiger charge is -2.26. The highest BCUT2D eigenvalue weighted by Gasteiger charge is 2.27. The molecule has 2 heterocycles. The number of aromatic nitrogens is 2. The molecule has 0 aliphatic carbocycles. The first-order chi connectivity index (χ1) is 22.5. The molecule has 3 nitrogen and oxygen atoms in total. The van der Waals surface area contributed by atoms with E-state index in [1.165, 1.54) is 49.1 Å². The molecule has 0 spiro atoms. The van der Waals surface area contributed by atoms with Gasteiger partial charge in [0.2, 0.25) is 0 Å². The van der Waals surface area contributed by atoms with E-state index in [2.05, 4.69) is 148 Å². The number of para-hydroxylation sites is 4. The molecule has 0 aliphatic heterocycles. The van der Waals surface area contributed by atoms with Crippen molar-refractivity contribution in [3.8, 4) is 17.1 Å². The number of benzene rings is 7. The van der Waals surface area contributed by atoms with Crippen LogP contribution in [0.25, 0.3) is 82.4 Å². The molecule has 46 heavy (non-hydrogen) atoms. The van der Waals surface area contributed by atoms with Crippen molar-refractivity contribution in [3.63, 3.8) is 0 Å². The Morgan fingerprint density at radius 1 is 0.565 bits per heavy atom. The van der Waals surface area contributed by atoms with Crippen LogP contribution >= 0.6 is 0 Å². The normalized spacial score (nSPS) is 12.3. The van der Waals surface area contributed by atoms with Crippen LogP contribution in [0, 0.1) is 0 Å². The van der Waals surface area contributed by atoms with Gasteiger partial charge in [-0.15, -0.1) is 0 Å². The van der Waals surface area contributed by atoms with E-state index in [1.807, 2.05) is 6.07 Å². The van der Waals surface area contributed by atoms with Gasteiger partial charge in [0.05, 0.1) is 22.3 Å². The lowest BCUT2D eigenvalue weighted by atomic mass is 9.83. The molecule has 0 fully saturated rings. The van der Waals surface area contributed by atoms with Gasteiger partial charge in [0, 0.05) is 10.8 Å². The van der Waals surface area contributed by atoms with Gasteiger partial charge in [-0.25, -0.2) is 4.98 Å². The van der Waals surface area contributed by atoms with Crippen molar-refractivity contribution in [2.45, 2.75) is 39.5 Å². The van der Waals surface area contributed by atoms with Gasteiger partial charge in [-0.3, -0.25) is 4.57 Å². The van der Waals surface area contributed by atoms with Crippen LogP contribution in [0.5, 0.6) is 0 Å². The summed E-state index contributed by atoms with van der Waals surface area (Å²) in [6, 6.07) is 43.6. The maximum absolute atomic E-state index is 6.60. The predicted molar refractivity (Wildman–Crippen MR) is 194 cm³/mol. The number of nitrogens with zero attached hydrogens (tertiary/aromatic N) is 2. The number of furan rings is 1. The Kier molecular flexibility index (Phi) is 5.89. The van der Waals surface area contributed by atoms with Gasteiger partial charge in [-0.05, 0) is 85.6 Å². The van der Waals surface area contributed by atoms with Gasteiger partial charge >= 0.3 is 0 Å². The largest absolute Gasteiger partial charge is 0.455 e. The summed E-state index contributed by atoms with van der Waals surface area (Å²) in [5.74, 6) is 1.43. The first-order valence-corrected chi connectivity index (χ1v) is 16.3. The molecule has 0 amide bonds. The number of fused-ring (bicyclic) bond motifs is 10. The van der Waals surface area contributed by atoms with E-state index in [0.717, 1.165) is 44.4 Å². The SMILES string of the molecule is CC(C)c1cc2c3ccccc3c3ccccc3c2c(C(C)C)c1-n1c(-c2cccc3c2oc2ccccc23)nc2ccccc21. The van der Waals surface area contributed by atoms with Gasteiger partial charge < -0.3 is 4.42 Å². The van der Waals surface area contributed by atoms with Crippen LogP contribution in [0.4, 0.5) is 0 Å². The Bertz CT molecular complexity index is 2650. The fraction of sp³-hybridized carbons (Fsp3) is 0.140. The first kappa shape index (κ1) is 26.9. The van der Waals surface area contributed by atoms with Crippen LogP contribution in [0.3, 0.4) is 0 Å². The zero-order valence-corrected chi connectivity index (χ0v) is 26.5. The third-order valence-electron chi connectivity index (χ3n) is 9.70. The lowest BCUT2D eigenvalue weighted by Crippen LogP contribution is -2.10. The minimum Gasteiger partial charge on any atom is -0.455 e. The summed E-state index contributed by atoms with van der Waals surface area (Å²) in [4.78, 5) is 5.38. The van der Waals surface area contributed by atoms with Gasteiger partial charge in [0.15, 0.2) is 0 Å². The van der Waals surface area contributed by atoms with Crippen LogP contribution in [0.1, 0.15) is 50.7 Å². The highest BCUT2D eigenvalue weighted by molar-refractivity contribution is 6.27. The zero-order valence-electron chi connectivity index (χ0n) is 26.5. The standard InChI is InChI=1S/C43H34N2O/c1-25(2)34-24-35-29-16-6-5-14-27(29)28-15-7-8-18-31(28)40(35)39(26(3)4)41(34)45-37-22-11-10-21-36(37)44-43(45)33-20-13-19-32-30-17-9-12-23-38(30)46-42(32)33/h5-26H,1-4H3. The maximum Gasteiger partial charge on any atom is 0.149 e. The number of imidazole rings is 1. The molecule has 0 saturated heterocycles. The van der Waals surface area contributed by atoms with Gasteiger partial charge in [-0.2, -0.15) is 0 Å². The molecule has 9 aromatic rings. The number of hydrogen-bond acceptors (Lipinski definition) is 2. The highest BCUT2D eigenvalue weighted by Crippen LogP contribution is 2.47. The van der Waals surface area contributed by atoms with Crippen LogP contribution in [0.15, 0.2) is 126 Å². The van der Waals surface area contributed by atoms with Gasteiger partial charge in [-0.1, -0.05) is 119 Å². The molecular weight excluding hydrogens is 560 g/mol. The third-order valence-corrected chi connectivity index (χ3v) is 9.70. The molecule has 0 atom stereocenters. The van der Waals surface area contributed by atoms with Crippen LogP contribution in [0.2, 0.25) is 0 Å². The summed E-state index contributed by atoms with van der Waals surface area (Å²) >= 11 is 0. The minimum absolute atomic E-state index is 0.247. The average Bonchev–Trinajstić information content (AvgIpc) is 3.66. The van der Waals surface area contributed by atoms with E-state index in [1.54, 1.807) is 0 Å². The van der Waals surface area contributed by atoms with E-state index in [-0.39, 0.29) is 11.8 Å². The second-order valence-electron chi connectivity index (χ2n) is 13.1. The molecule has 0 radical (unpaired) electrons. The monoisotopic (exact) mass is 594 g/mol. The first-order valence-electron chi connectivity index (χ1n) is 16.3. The third kappa shape index (κ3) is 3.75. The molecule has 2 aromatic heterocycles. The molecule has 3 heteroatoms. The smallest absolute Gasteiger partial charge is 0.149 e. The summed E-state index contributed by atoms with van der Waals surface area (Å²) in [5, 5.41) is 10.1. The molecule has 0 bridgehead atoms. The number of rotatable bonds is 4. The zero-order chi connectivity index (χ0) is 31.1. The van der Waals surface area contributed by atoms with Crippen molar-refractivity contribution >= 4 is 65.3 Å². The molecule has 0 aliphatic rings. The quantitative estimate of drug-likeness (QED) is 0.190. The second-order valence-corrected chi connectivity index (χ2v) is 13.1. The Morgan fingerprint density at radius 3 is 1.91 bits per heavy atom. The van der Waals surface area contributed by atoms with Crippen LogP contribution in [-0.4, -0.2) is 9.55 Å². The van der Waals surface area contributed by atoms with E-state index >= 15 is 0 Å². The fourth-order valence-electron chi connectivity index (χ4n) is 7.71. The summed E-state index contributed by atoms with van der Waals surface area (Å²) in [5.41, 5.74) is 8.73. The van der Waals surface area contributed by atoms with Crippen molar-refractivity contribution < 1.29 is 4.42 Å². The highest BCUT2D eigenvalue weighted by atomic mass is 16.3. The van der Waals surface area contributed by atoms with Gasteiger partial charge in [0.1, 0.15) is 17.0 Å². The van der Waals surface area contributed by atoms with Crippen LogP contribution in [-0.2, 0) is 0 Å². The van der Waals surface area contributed by atoms with Crippen molar-refractivity contribution in [3.05, 3.63) is 132 Å². The van der Waals surface area contributed by atoms with E-state index in [0.29, 0.717) is 0 Å². The molecule has 7 aromatic carbocycles. The summed E-state index contributed by atoms with van der Waals surface area (Å²) in [6.45, 7) is 9.31. The Morgan fingerprint density at radius 2 is 1.17 bits per heavy atom. The molecule has 222 valence electrons. The molecular formula is C43H34N2O. The van der Waals surface area contributed by atoms with Crippen LogP contribution < -0.4 is 0 Å². The van der Waals surface area contributed by atoms with E-state index in [4.69, 9.17) is 9.40 Å². The Hall–Kier alpha value is -5.41. The number of hydrogen-bond donors (Lipinski definition) is 0. The molecule has 9 rings (SSSR count). The fourth-order valence-corrected chi connectivity index (χ4v) is 7.71. The molecule has 0 saturated carbocycles. The summed E-state index contributed by atoms with van der Waals surface area (Å²) < 4.78 is 9.04. The van der Waals surface area contributed by atoms with Crippen molar-refractivity contribution in [2.75, 3.05) is 0 Å². The maximum atomic E-state index is 6.60. The molecule has 0 N–H and O–H groups in total. The van der Waals surface area contributed by atoms with E-state index < -0.39 is 0 Å². The van der Waals surface area contributed by atoms with Crippen molar-refractivity contribution in [1.82, 2.24) is 9.55 Å².